The van der Waals surface area contributed by atoms with Gasteiger partial charge in [0.25, 0.3) is 5.57 Å². The number of aryl methyl sites for hydroxylation is 2. The van der Waals surface area contributed by atoms with Crippen LogP contribution in [0.25, 0.3) is 0 Å². The van der Waals surface area contributed by atoms with Crippen molar-refractivity contribution in [2.75, 3.05) is 0 Å². The summed E-state index contributed by atoms with van der Waals surface area (Å²) in [5.41, 5.74) is 3.40. The van der Waals surface area contributed by atoms with E-state index in [9.17, 15) is 0 Å². The predicted octanol–water partition coefficient (Wildman–Crippen LogP) is 2.01. The molecule has 2 atom stereocenters. The Kier molecular flexibility index (Phi) is 3.16. The van der Waals surface area contributed by atoms with Gasteiger partial charge in [-0.05, 0) is 31.1 Å². The largest absolute Gasteiger partial charge is 0.276 e. The van der Waals surface area contributed by atoms with E-state index in [0.29, 0.717) is 0 Å². The van der Waals surface area contributed by atoms with Crippen molar-refractivity contribution in [2.45, 2.75) is 51.5 Å². The first-order chi connectivity index (χ1) is 7.15. The van der Waals surface area contributed by atoms with Crippen molar-refractivity contribution in [3.63, 3.8) is 0 Å². The van der Waals surface area contributed by atoms with Gasteiger partial charge in [-0.1, -0.05) is 13.8 Å². The lowest BCUT2D eigenvalue weighted by atomic mass is 10.2. The summed E-state index contributed by atoms with van der Waals surface area (Å²) in [6, 6.07) is 0. The topological polar surface area (TPSA) is 8.81 Å². The van der Waals surface area contributed by atoms with E-state index in [1.54, 1.807) is 5.57 Å². The minimum Gasteiger partial charge on any atom is -0.233 e. The summed E-state index contributed by atoms with van der Waals surface area (Å²) in [7, 11) is 2.25. The molecule has 1 aromatic rings. The quantitative estimate of drug-likeness (QED) is 0.538. The summed E-state index contributed by atoms with van der Waals surface area (Å²) in [5, 5.41) is 0. The zero-order valence-corrected chi connectivity index (χ0v) is 11.2. The first-order valence-electron chi connectivity index (χ1n) is 5.98. The average molecular weight is 225 g/mol. The van der Waals surface area contributed by atoms with Gasteiger partial charge in [-0.25, -0.2) is 9.13 Å². The molecule has 0 unspecified atom stereocenters. The highest BCUT2D eigenvalue weighted by molar-refractivity contribution is 7.66. The van der Waals surface area contributed by atoms with Crippen LogP contribution in [0.3, 0.4) is 0 Å². The van der Waals surface area contributed by atoms with Crippen LogP contribution in [0, 0.1) is 0 Å². The molecular formula is C12H22N2P+. The first kappa shape index (κ1) is 11.1. The highest BCUT2D eigenvalue weighted by atomic mass is 31.1. The molecule has 0 bridgehead atoms. The molecule has 0 aliphatic carbocycles. The van der Waals surface area contributed by atoms with Gasteiger partial charge in [-0.15, -0.1) is 0 Å². The van der Waals surface area contributed by atoms with Crippen LogP contribution >= 0.6 is 7.92 Å². The summed E-state index contributed by atoms with van der Waals surface area (Å²) in [6.45, 7) is 8.21. The Balaban J connectivity index is 2.38. The zero-order valence-electron chi connectivity index (χ0n) is 10.3. The number of hydrogen-bond donors (Lipinski definition) is 0. The van der Waals surface area contributed by atoms with Gasteiger partial charge < -0.3 is 0 Å². The van der Waals surface area contributed by atoms with Gasteiger partial charge >= 0.3 is 0 Å². The molecule has 0 radical (unpaired) electrons. The van der Waals surface area contributed by atoms with Crippen LogP contribution < -0.4 is 10.1 Å². The normalized spacial score (nSPS) is 27.5. The lowest BCUT2D eigenvalue weighted by Gasteiger charge is -2.17. The second-order valence-electron chi connectivity index (χ2n) is 4.68. The zero-order chi connectivity index (χ0) is 11.0. The molecule has 15 heavy (non-hydrogen) atoms. The van der Waals surface area contributed by atoms with E-state index in [2.05, 4.69) is 49.3 Å². The maximum atomic E-state index is 2.43. The van der Waals surface area contributed by atoms with Crippen molar-refractivity contribution in [3.8, 4) is 0 Å². The van der Waals surface area contributed by atoms with Crippen LogP contribution in [0.1, 0.15) is 33.6 Å². The van der Waals surface area contributed by atoms with E-state index in [1.807, 2.05) is 0 Å². The number of aromatic nitrogens is 2. The molecule has 0 saturated carbocycles. The Bertz CT molecular complexity index is 335. The third-order valence-electron chi connectivity index (χ3n) is 3.57. The summed E-state index contributed by atoms with van der Waals surface area (Å²) in [5.74, 6) is 0. The molecule has 1 aromatic heterocycles. The number of rotatable bonds is 2. The molecule has 1 aliphatic heterocycles. The molecule has 0 amide bonds. The van der Waals surface area contributed by atoms with Crippen LogP contribution in [-0.2, 0) is 13.6 Å². The molecule has 1 saturated heterocycles. The Morgan fingerprint density at radius 1 is 1.40 bits per heavy atom. The maximum Gasteiger partial charge on any atom is 0.276 e. The molecule has 1 aliphatic rings. The first-order valence-corrected chi connectivity index (χ1v) is 7.46. The van der Waals surface area contributed by atoms with Crippen LogP contribution in [0.2, 0.25) is 0 Å². The van der Waals surface area contributed by atoms with E-state index in [-0.39, 0.29) is 7.92 Å². The Morgan fingerprint density at radius 2 is 2.00 bits per heavy atom. The number of imidazole rings is 1. The van der Waals surface area contributed by atoms with Crippen molar-refractivity contribution < 1.29 is 4.57 Å². The minimum absolute atomic E-state index is 0.0529. The van der Waals surface area contributed by atoms with Crippen molar-refractivity contribution in [1.82, 2.24) is 4.57 Å². The van der Waals surface area contributed by atoms with E-state index in [0.717, 1.165) is 17.9 Å². The smallest absolute Gasteiger partial charge is 0.233 e. The maximum absolute atomic E-state index is 2.43. The minimum atomic E-state index is 0.0529. The van der Waals surface area contributed by atoms with Crippen molar-refractivity contribution >= 4 is 13.5 Å². The van der Waals surface area contributed by atoms with E-state index in [4.69, 9.17) is 0 Å². The van der Waals surface area contributed by atoms with Gasteiger partial charge in [0.2, 0.25) is 0 Å². The third kappa shape index (κ3) is 1.85. The molecule has 2 rings (SSSR count). The van der Waals surface area contributed by atoms with Crippen molar-refractivity contribution in [3.05, 3.63) is 12.4 Å². The highest BCUT2D eigenvalue weighted by Crippen LogP contribution is 2.53. The highest BCUT2D eigenvalue weighted by Gasteiger charge is 2.38. The van der Waals surface area contributed by atoms with Gasteiger partial charge in [-0.3, -0.25) is 0 Å². The molecular weight excluding hydrogens is 203 g/mol. The molecule has 2 nitrogen and oxygen atoms in total. The SMILES string of the molecule is CCn1cc[n+](C)c1P1[C@H](C)CC[C@H]1C. The summed E-state index contributed by atoms with van der Waals surface area (Å²) in [4.78, 5) is 0. The Hall–Kier alpha value is -0.360. The van der Waals surface area contributed by atoms with Crippen LogP contribution in [0.15, 0.2) is 12.4 Å². The van der Waals surface area contributed by atoms with E-state index in [1.165, 1.54) is 12.8 Å². The fraction of sp³-hybridized carbons (Fsp3) is 0.750. The third-order valence-corrected chi connectivity index (χ3v) is 7.02. The fourth-order valence-corrected chi connectivity index (χ4v) is 6.13. The second-order valence-corrected chi connectivity index (χ2v) is 7.66. The molecule has 1 fully saturated rings. The van der Waals surface area contributed by atoms with E-state index >= 15 is 0 Å². The molecule has 3 heteroatoms. The monoisotopic (exact) mass is 225 g/mol. The Morgan fingerprint density at radius 3 is 2.53 bits per heavy atom. The van der Waals surface area contributed by atoms with Gasteiger partial charge in [0.05, 0.1) is 13.6 Å². The predicted molar refractivity (Wildman–Crippen MR) is 66.0 cm³/mol. The average Bonchev–Trinajstić information content (AvgIpc) is 2.71. The van der Waals surface area contributed by atoms with Crippen LogP contribution in [-0.4, -0.2) is 15.9 Å². The summed E-state index contributed by atoms with van der Waals surface area (Å²) >= 11 is 0. The van der Waals surface area contributed by atoms with Gasteiger partial charge in [-0.2, -0.15) is 0 Å². The standard InChI is InChI=1S/C12H22N2P/c1-5-14-9-8-13(4)12(14)15-10(2)6-7-11(15)3/h8-11H,5-7H2,1-4H3/q+1/t10-,11-/m1/s1. The van der Waals surface area contributed by atoms with Gasteiger partial charge in [0.15, 0.2) is 0 Å². The van der Waals surface area contributed by atoms with Gasteiger partial charge in [0, 0.05) is 7.92 Å². The van der Waals surface area contributed by atoms with Crippen molar-refractivity contribution in [2.24, 2.45) is 7.05 Å². The molecule has 84 valence electrons. The summed E-state index contributed by atoms with van der Waals surface area (Å²) < 4.78 is 4.78. The molecule has 2 heterocycles. The lowest BCUT2D eigenvalue weighted by Crippen LogP contribution is -2.46. The van der Waals surface area contributed by atoms with Gasteiger partial charge in [0.1, 0.15) is 12.4 Å². The number of hydrogen-bond acceptors (Lipinski definition) is 0. The Labute approximate surface area is 94.1 Å². The second kappa shape index (κ2) is 4.25. The lowest BCUT2D eigenvalue weighted by molar-refractivity contribution is -0.652. The van der Waals surface area contributed by atoms with Crippen molar-refractivity contribution in [1.29, 1.82) is 0 Å². The number of nitrogens with zero attached hydrogens (tertiary/aromatic N) is 2. The fourth-order valence-electron chi connectivity index (χ4n) is 2.68. The molecule has 0 N–H and O–H groups in total. The van der Waals surface area contributed by atoms with Crippen LogP contribution in [0.5, 0.6) is 0 Å². The summed E-state index contributed by atoms with van der Waals surface area (Å²) in [6.07, 6.45) is 7.28. The molecule has 0 aromatic carbocycles. The van der Waals surface area contributed by atoms with Crippen LogP contribution in [0.4, 0.5) is 0 Å². The van der Waals surface area contributed by atoms with E-state index < -0.39 is 0 Å². The molecule has 0 spiro atoms.